The highest BCUT2D eigenvalue weighted by Crippen LogP contribution is 2.21. The summed E-state index contributed by atoms with van der Waals surface area (Å²) in [5, 5.41) is 36.0. The maximum Gasteiger partial charge on any atom is 0.327 e. The molecule has 2 rings (SSSR count). The van der Waals surface area contributed by atoms with Gasteiger partial charge in [0.1, 0.15) is 48.3 Å². The topological polar surface area (TPSA) is 458 Å². The molecular weight excluding hydrogens is 985 g/mol. The van der Waals surface area contributed by atoms with E-state index in [-0.39, 0.29) is 75.6 Å². The van der Waals surface area contributed by atoms with Crippen molar-refractivity contribution in [3.8, 4) is 0 Å². The van der Waals surface area contributed by atoms with Crippen molar-refractivity contribution in [2.75, 3.05) is 31.1 Å². The molecule has 0 bridgehead atoms. The van der Waals surface area contributed by atoms with Crippen molar-refractivity contribution in [1.29, 1.82) is 0 Å². The highest BCUT2D eigenvalue weighted by atomic mass is 32.1. The molecule has 9 atom stereocenters. The number of unbranched alkanes of at least 4 members (excludes halogenated alkanes) is 1. The first-order valence-corrected chi connectivity index (χ1v) is 24.2. The third-order valence-corrected chi connectivity index (χ3v) is 11.8. The Hall–Kier alpha value is -6.72. The van der Waals surface area contributed by atoms with Crippen molar-refractivity contribution in [3.05, 3.63) is 35.9 Å². The van der Waals surface area contributed by atoms with E-state index in [0.717, 1.165) is 6.92 Å². The summed E-state index contributed by atoms with van der Waals surface area (Å²) in [6, 6.07) is -4.28. The van der Waals surface area contributed by atoms with Gasteiger partial charge in [0.25, 0.3) is 0 Å². The lowest BCUT2D eigenvalue weighted by Crippen LogP contribution is -2.60. The second kappa shape index (κ2) is 31.6. The number of rotatable bonds is 32. The van der Waals surface area contributed by atoms with Crippen molar-refractivity contribution >= 4 is 96.3 Å². The molecule has 0 unspecified atom stereocenters. The molecule has 27 nitrogen and oxygen atoms in total. The monoisotopic (exact) mass is 1050 g/mol. The SMILES string of the molecule is C[C@H](NC(=O)[C@H](CC(N)=O)NC(=O)[C@H](CCCN=C(N)N)NC(=O)[C@@H](N)CS)C(=O)N[C@@H](CC(=O)O)C(=O)N[C@@H](CCCCN)C(=O)N[C@@H](Cc1ccccc1)C(=O)N1CCC[C@H]1C(=O)N[C@@H](CS)C(=O)O. The number of nitrogens with two attached hydrogens (primary N) is 5. The summed E-state index contributed by atoms with van der Waals surface area (Å²) in [6.45, 7) is 1.49. The van der Waals surface area contributed by atoms with E-state index in [4.69, 9.17) is 28.7 Å². The summed E-state index contributed by atoms with van der Waals surface area (Å²) >= 11 is 7.97. The van der Waals surface area contributed by atoms with Crippen LogP contribution in [-0.2, 0) is 59.2 Å². The Morgan fingerprint density at radius 2 is 1.22 bits per heavy atom. The maximum atomic E-state index is 14.3. The molecule has 9 amide bonds. The van der Waals surface area contributed by atoms with E-state index in [2.05, 4.69) is 67.5 Å². The molecule has 1 aliphatic rings. The van der Waals surface area contributed by atoms with Crippen LogP contribution in [0.15, 0.2) is 35.3 Å². The van der Waals surface area contributed by atoms with Crippen molar-refractivity contribution in [2.24, 2.45) is 33.7 Å². The fourth-order valence-corrected chi connectivity index (χ4v) is 7.60. The number of carboxylic acid groups (broad SMARTS) is 2. The number of nitrogens with zero attached hydrogens (tertiary/aromatic N) is 2. The molecule has 1 heterocycles. The zero-order valence-electron chi connectivity index (χ0n) is 39.8. The van der Waals surface area contributed by atoms with Crippen LogP contribution in [0.2, 0.25) is 0 Å². The van der Waals surface area contributed by atoms with Gasteiger partial charge in [0, 0.05) is 31.0 Å². The summed E-state index contributed by atoms with van der Waals surface area (Å²) in [6.07, 6.45) is -0.664. The number of hydrogen-bond acceptors (Lipinski definition) is 16. The van der Waals surface area contributed by atoms with Crippen LogP contribution in [0.5, 0.6) is 0 Å². The molecule has 72 heavy (non-hydrogen) atoms. The number of nitrogens with one attached hydrogen (secondary N) is 7. The van der Waals surface area contributed by atoms with Gasteiger partial charge in [0.15, 0.2) is 5.96 Å². The Bertz CT molecular complexity index is 2100. The van der Waals surface area contributed by atoms with E-state index in [1.807, 2.05) is 0 Å². The van der Waals surface area contributed by atoms with Crippen molar-refractivity contribution in [1.82, 2.24) is 42.1 Å². The number of guanidine groups is 1. The minimum atomic E-state index is -1.87. The highest BCUT2D eigenvalue weighted by Gasteiger charge is 2.40. The molecular formula is C43H68N14O13S2. The van der Waals surface area contributed by atoms with Crippen LogP contribution >= 0.6 is 25.3 Å². The molecule has 0 aromatic heterocycles. The number of amides is 9. The van der Waals surface area contributed by atoms with Crippen molar-refractivity contribution in [3.63, 3.8) is 0 Å². The number of aliphatic carboxylic acids is 2. The number of carboxylic acids is 2. The van der Waals surface area contributed by atoms with Crippen LogP contribution in [0.25, 0.3) is 0 Å². The van der Waals surface area contributed by atoms with Gasteiger partial charge in [-0.3, -0.25) is 52.9 Å². The summed E-state index contributed by atoms with van der Waals surface area (Å²) in [5.41, 5.74) is 28.1. The number of thiol groups is 2. The lowest BCUT2D eigenvalue weighted by atomic mass is 10.0. The zero-order valence-corrected chi connectivity index (χ0v) is 41.5. The number of carbonyl (C=O) groups excluding carboxylic acids is 9. The lowest BCUT2D eigenvalue weighted by molar-refractivity contribution is -0.144. The lowest BCUT2D eigenvalue weighted by Gasteiger charge is -2.30. The van der Waals surface area contributed by atoms with Gasteiger partial charge in [-0.2, -0.15) is 25.3 Å². The van der Waals surface area contributed by atoms with Crippen LogP contribution < -0.4 is 65.9 Å². The summed E-state index contributed by atoms with van der Waals surface area (Å²) < 4.78 is 0. The Kier molecular flexibility index (Phi) is 26.9. The summed E-state index contributed by atoms with van der Waals surface area (Å²) in [5.74, 6) is -11.9. The van der Waals surface area contributed by atoms with E-state index in [0.29, 0.717) is 18.4 Å². The first-order valence-electron chi connectivity index (χ1n) is 23.0. The van der Waals surface area contributed by atoms with Crippen LogP contribution in [0.3, 0.4) is 0 Å². The first kappa shape index (κ1) is 61.4. The van der Waals surface area contributed by atoms with Gasteiger partial charge in [-0.1, -0.05) is 30.3 Å². The predicted octanol–water partition coefficient (Wildman–Crippen LogP) is -5.56. The van der Waals surface area contributed by atoms with Gasteiger partial charge >= 0.3 is 11.9 Å². The molecule has 0 spiro atoms. The molecule has 400 valence electrons. The molecule has 1 fully saturated rings. The molecule has 1 saturated heterocycles. The molecule has 0 aliphatic carbocycles. The van der Waals surface area contributed by atoms with Gasteiger partial charge in [0.2, 0.25) is 53.2 Å². The number of likely N-dealkylation sites (tertiary alicyclic amines) is 1. The van der Waals surface area contributed by atoms with Gasteiger partial charge in [0.05, 0.1) is 18.9 Å². The maximum absolute atomic E-state index is 14.3. The molecule has 29 heteroatoms. The summed E-state index contributed by atoms with van der Waals surface area (Å²) in [4.78, 5) is 149. The fourth-order valence-electron chi connectivity index (χ4n) is 7.19. The Morgan fingerprint density at radius 3 is 1.78 bits per heavy atom. The first-order chi connectivity index (χ1) is 34.0. The van der Waals surface area contributed by atoms with E-state index >= 15 is 0 Å². The second-order valence-electron chi connectivity index (χ2n) is 16.8. The molecule has 1 aliphatic heterocycles. The molecule has 1 aromatic carbocycles. The average molecular weight is 1050 g/mol. The predicted molar refractivity (Wildman–Crippen MR) is 266 cm³/mol. The Labute approximate surface area is 426 Å². The van der Waals surface area contributed by atoms with Gasteiger partial charge in [-0.05, 0) is 64.0 Å². The average Bonchev–Trinajstić information content (AvgIpc) is 3.82. The zero-order chi connectivity index (χ0) is 54.1. The largest absolute Gasteiger partial charge is 0.481 e. The fraction of sp³-hybridized carbons (Fsp3) is 0.581. The Balaban J connectivity index is 2.34. The van der Waals surface area contributed by atoms with Crippen LogP contribution in [0.1, 0.15) is 70.3 Å². The smallest absolute Gasteiger partial charge is 0.327 e. The van der Waals surface area contributed by atoms with Gasteiger partial charge in [-0.15, -0.1) is 0 Å². The van der Waals surface area contributed by atoms with E-state index in [9.17, 15) is 63.0 Å². The molecule has 1 aromatic rings. The molecule has 19 N–H and O–H groups in total. The molecule has 0 radical (unpaired) electrons. The second-order valence-corrected chi connectivity index (χ2v) is 17.5. The van der Waals surface area contributed by atoms with Crippen molar-refractivity contribution < 1.29 is 63.0 Å². The molecule has 0 saturated carbocycles. The quantitative estimate of drug-likeness (QED) is 0.0138. The number of carbonyl (C=O) groups is 11. The minimum Gasteiger partial charge on any atom is -0.481 e. The minimum absolute atomic E-state index is 0.0526. The van der Waals surface area contributed by atoms with Crippen LogP contribution in [0, 0.1) is 0 Å². The van der Waals surface area contributed by atoms with E-state index in [1.165, 1.54) is 4.90 Å². The summed E-state index contributed by atoms with van der Waals surface area (Å²) in [7, 11) is 0. The number of hydrogen-bond donors (Lipinski definition) is 16. The Morgan fingerprint density at radius 1 is 0.681 bits per heavy atom. The number of primary amides is 1. The standard InChI is InChI=1S/C43H68N14O13S2/c1-22(50-38(65)27(18-32(46)58)54-36(63)26(12-7-15-49-43(47)48)51-35(62)24(45)20-71)34(61)53-28(19-33(59)60)39(66)52-25(11-5-6-14-44)37(64)55-29(17-23-9-3-2-4-10-23)41(68)57-16-8-13-31(57)40(67)56-30(21-72)42(69)70/h2-4,9-10,22,24-31,71-72H,5-8,11-21,44-45H2,1H3,(H2,46,58)(H,50,65)(H,51,62)(H,52,66)(H,53,61)(H,54,63)(H,55,64)(H,56,67)(H,59,60)(H,69,70)(H4,47,48,49)/t22-,24-,25-,26-,27-,28-,29-,30-,31-/m0/s1. The van der Waals surface area contributed by atoms with Gasteiger partial charge in [-0.25, -0.2) is 4.79 Å². The number of benzene rings is 1. The van der Waals surface area contributed by atoms with E-state index in [1.54, 1.807) is 30.3 Å². The highest BCUT2D eigenvalue weighted by molar-refractivity contribution is 7.80. The van der Waals surface area contributed by atoms with E-state index < -0.39 is 132 Å². The number of aliphatic imine (C=N–C) groups is 1. The van der Waals surface area contributed by atoms with Crippen LogP contribution in [-0.4, -0.2) is 172 Å². The van der Waals surface area contributed by atoms with Crippen molar-refractivity contribution in [2.45, 2.75) is 126 Å². The van der Waals surface area contributed by atoms with Crippen LogP contribution in [0.4, 0.5) is 0 Å². The third kappa shape index (κ3) is 21.3. The van der Waals surface area contributed by atoms with Gasteiger partial charge < -0.3 is 81.0 Å². The normalized spacial score (nSPS) is 16.3. The third-order valence-electron chi connectivity index (χ3n) is 11.0.